The van der Waals surface area contributed by atoms with Crippen LogP contribution in [0.1, 0.15) is 11.1 Å². The number of halogens is 6. The van der Waals surface area contributed by atoms with Crippen LogP contribution in [0, 0.1) is 5.82 Å². The molecule has 0 amide bonds. The van der Waals surface area contributed by atoms with E-state index in [1.54, 1.807) is 0 Å². The number of hydrogen-bond donors (Lipinski definition) is 0. The molecule has 0 atom stereocenters. The second kappa shape index (κ2) is 6.36. The molecular weight excluding hydrogens is 420 g/mol. The molecule has 0 saturated carbocycles. The molecule has 0 aliphatic carbocycles. The topological polar surface area (TPSA) is 9.23 Å². The fourth-order valence-corrected chi connectivity index (χ4v) is 2.48. The van der Waals surface area contributed by atoms with Gasteiger partial charge >= 0.3 is 6.18 Å². The molecule has 7 heteroatoms. The second-order valence-corrected chi connectivity index (χ2v) is 5.65. The molecule has 0 heterocycles. The molecule has 112 valence electrons. The first-order valence-corrected chi connectivity index (χ1v) is 7.61. The minimum absolute atomic E-state index is 0.0148. The monoisotopic (exact) mass is 426 g/mol. The molecule has 0 saturated heterocycles. The number of ether oxygens (including phenoxy) is 1. The van der Waals surface area contributed by atoms with Crippen molar-refractivity contribution in [3.05, 3.63) is 57.8 Å². The summed E-state index contributed by atoms with van der Waals surface area (Å²) in [4.78, 5) is 0. The molecule has 0 aromatic heterocycles. The Labute approximate surface area is 135 Å². The van der Waals surface area contributed by atoms with E-state index in [4.69, 9.17) is 4.74 Å². The average Bonchev–Trinajstić information content (AvgIpc) is 2.36. The van der Waals surface area contributed by atoms with Gasteiger partial charge < -0.3 is 4.74 Å². The zero-order chi connectivity index (χ0) is 15.6. The molecule has 0 radical (unpaired) electrons. The summed E-state index contributed by atoms with van der Waals surface area (Å²) in [7, 11) is 0. The second-order valence-electron chi connectivity index (χ2n) is 4.17. The maximum absolute atomic E-state index is 13.2. The van der Waals surface area contributed by atoms with Crippen molar-refractivity contribution in [1.29, 1.82) is 0 Å². The van der Waals surface area contributed by atoms with Crippen molar-refractivity contribution in [2.45, 2.75) is 11.5 Å². The van der Waals surface area contributed by atoms with E-state index in [0.717, 1.165) is 12.1 Å². The van der Waals surface area contributed by atoms with Crippen molar-refractivity contribution in [1.82, 2.24) is 0 Å². The van der Waals surface area contributed by atoms with Gasteiger partial charge in [0.25, 0.3) is 0 Å². The first-order chi connectivity index (χ1) is 9.79. The van der Waals surface area contributed by atoms with Crippen LogP contribution in [-0.2, 0) is 11.5 Å². The molecule has 0 N–H and O–H groups in total. The Hall–Kier alpha value is -1.08. The Morgan fingerprint density at radius 1 is 1.05 bits per heavy atom. The van der Waals surface area contributed by atoms with Crippen molar-refractivity contribution in [2.24, 2.45) is 0 Å². The van der Waals surface area contributed by atoms with Gasteiger partial charge in [-0.25, -0.2) is 4.39 Å². The van der Waals surface area contributed by atoms with Gasteiger partial charge in [-0.3, -0.25) is 0 Å². The molecule has 0 aliphatic rings. The van der Waals surface area contributed by atoms with Crippen LogP contribution in [0.2, 0.25) is 0 Å². The molecule has 0 bridgehead atoms. The van der Waals surface area contributed by atoms with Gasteiger partial charge in [-0.2, -0.15) is 13.2 Å². The molecule has 0 spiro atoms. The third-order valence-corrected chi connectivity index (χ3v) is 3.67. The average molecular weight is 428 g/mol. The normalized spacial score (nSPS) is 11.5. The summed E-state index contributed by atoms with van der Waals surface area (Å²) in [6.07, 6.45) is -4.56. The minimum Gasteiger partial charge on any atom is -0.457 e. The quantitative estimate of drug-likeness (QED) is 0.413. The maximum atomic E-state index is 13.2. The molecule has 2 rings (SSSR count). The number of rotatable bonds is 3. The van der Waals surface area contributed by atoms with Gasteiger partial charge in [-0.1, -0.05) is 37.9 Å². The molecule has 0 unspecified atom stereocenters. The van der Waals surface area contributed by atoms with Crippen LogP contribution >= 0.6 is 31.9 Å². The molecular formula is C14H8Br2F4O. The first-order valence-electron chi connectivity index (χ1n) is 5.69. The third kappa shape index (κ3) is 4.20. The van der Waals surface area contributed by atoms with Crippen LogP contribution in [0.25, 0.3) is 0 Å². The SMILES string of the molecule is Fc1cc(Br)cc(Oc2ccc(CBr)cc2C(F)(F)F)c1. The summed E-state index contributed by atoms with van der Waals surface area (Å²) < 4.78 is 58.0. The summed E-state index contributed by atoms with van der Waals surface area (Å²) >= 11 is 6.16. The molecule has 2 aromatic rings. The molecule has 21 heavy (non-hydrogen) atoms. The predicted molar refractivity (Wildman–Crippen MR) is 78.2 cm³/mol. The number of alkyl halides is 4. The van der Waals surface area contributed by atoms with Crippen molar-refractivity contribution in [3.8, 4) is 11.5 Å². The van der Waals surface area contributed by atoms with E-state index in [-0.39, 0.29) is 11.5 Å². The fraction of sp³-hybridized carbons (Fsp3) is 0.143. The van der Waals surface area contributed by atoms with E-state index in [9.17, 15) is 17.6 Å². The van der Waals surface area contributed by atoms with Gasteiger partial charge in [0.2, 0.25) is 0 Å². The highest BCUT2D eigenvalue weighted by Crippen LogP contribution is 2.39. The van der Waals surface area contributed by atoms with Gasteiger partial charge in [0, 0.05) is 15.9 Å². The zero-order valence-electron chi connectivity index (χ0n) is 10.3. The van der Waals surface area contributed by atoms with E-state index in [0.29, 0.717) is 15.4 Å². The van der Waals surface area contributed by atoms with Gasteiger partial charge in [-0.15, -0.1) is 0 Å². The Kier molecular flexibility index (Phi) is 4.93. The van der Waals surface area contributed by atoms with Gasteiger partial charge in [0.1, 0.15) is 17.3 Å². The highest BCUT2D eigenvalue weighted by Gasteiger charge is 2.34. The van der Waals surface area contributed by atoms with Crippen molar-refractivity contribution < 1.29 is 22.3 Å². The van der Waals surface area contributed by atoms with E-state index in [2.05, 4.69) is 31.9 Å². The van der Waals surface area contributed by atoms with Crippen LogP contribution in [0.3, 0.4) is 0 Å². The van der Waals surface area contributed by atoms with Crippen LogP contribution in [0.4, 0.5) is 17.6 Å². The maximum Gasteiger partial charge on any atom is 0.419 e. The third-order valence-electron chi connectivity index (χ3n) is 2.57. The van der Waals surface area contributed by atoms with Crippen LogP contribution in [0.15, 0.2) is 40.9 Å². The van der Waals surface area contributed by atoms with E-state index in [1.165, 1.54) is 24.3 Å². The summed E-state index contributed by atoms with van der Waals surface area (Å²) in [6, 6.07) is 7.32. The lowest BCUT2D eigenvalue weighted by Crippen LogP contribution is -2.08. The van der Waals surface area contributed by atoms with Gasteiger partial charge in [0.05, 0.1) is 5.56 Å². The van der Waals surface area contributed by atoms with Gasteiger partial charge in [0.15, 0.2) is 0 Å². The van der Waals surface area contributed by atoms with Crippen LogP contribution in [-0.4, -0.2) is 0 Å². The van der Waals surface area contributed by atoms with E-state index < -0.39 is 17.6 Å². The molecule has 0 fully saturated rings. The Morgan fingerprint density at radius 2 is 1.76 bits per heavy atom. The van der Waals surface area contributed by atoms with E-state index in [1.807, 2.05) is 0 Å². The summed E-state index contributed by atoms with van der Waals surface area (Å²) in [5.41, 5.74) is -0.435. The lowest BCUT2D eigenvalue weighted by molar-refractivity contribution is -0.138. The molecule has 1 nitrogen and oxygen atoms in total. The van der Waals surface area contributed by atoms with Crippen molar-refractivity contribution in [3.63, 3.8) is 0 Å². The first kappa shape index (κ1) is 16.3. The van der Waals surface area contributed by atoms with Crippen LogP contribution in [0.5, 0.6) is 11.5 Å². The largest absolute Gasteiger partial charge is 0.457 e. The smallest absolute Gasteiger partial charge is 0.419 e. The van der Waals surface area contributed by atoms with Crippen molar-refractivity contribution in [2.75, 3.05) is 0 Å². The highest BCUT2D eigenvalue weighted by atomic mass is 79.9. The number of hydrogen-bond acceptors (Lipinski definition) is 1. The Morgan fingerprint density at radius 3 is 2.33 bits per heavy atom. The summed E-state index contributed by atoms with van der Waals surface area (Å²) in [5, 5.41) is 0.294. The van der Waals surface area contributed by atoms with Crippen LogP contribution < -0.4 is 4.74 Å². The lowest BCUT2D eigenvalue weighted by Gasteiger charge is -2.15. The van der Waals surface area contributed by atoms with Crippen molar-refractivity contribution >= 4 is 31.9 Å². The minimum atomic E-state index is -4.56. The van der Waals surface area contributed by atoms with Gasteiger partial charge in [-0.05, 0) is 29.8 Å². The highest BCUT2D eigenvalue weighted by molar-refractivity contribution is 9.10. The van der Waals surface area contributed by atoms with E-state index >= 15 is 0 Å². The molecule has 2 aromatic carbocycles. The predicted octanol–water partition coefficient (Wildman–Crippen LogP) is 6.29. The Balaban J connectivity index is 2.43. The molecule has 0 aliphatic heterocycles. The number of benzene rings is 2. The lowest BCUT2D eigenvalue weighted by atomic mass is 10.1. The fourth-order valence-electron chi connectivity index (χ4n) is 1.69. The Bertz CT molecular complexity index is 636. The standard InChI is InChI=1S/C14H8Br2F4O/c15-7-8-1-2-13(12(3-8)14(18,19)20)21-11-5-9(16)4-10(17)6-11/h1-6H,7H2. The summed E-state index contributed by atoms with van der Waals surface area (Å²) in [6.45, 7) is 0. The zero-order valence-corrected chi connectivity index (χ0v) is 13.5. The summed E-state index contributed by atoms with van der Waals surface area (Å²) in [5.74, 6) is -0.992.